The fourth-order valence-corrected chi connectivity index (χ4v) is 5.25. The molecule has 1 aliphatic heterocycles. The Morgan fingerprint density at radius 1 is 1.09 bits per heavy atom. The zero-order valence-electron chi connectivity index (χ0n) is 19.6. The Morgan fingerprint density at radius 2 is 1.83 bits per heavy atom. The molecular weight excluding hydrogens is 472 g/mol. The molecule has 1 aliphatic rings. The Kier molecular flexibility index (Phi) is 7.57. The second kappa shape index (κ2) is 10.8. The highest BCUT2D eigenvalue weighted by molar-refractivity contribution is 7.16. The number of benzene rings is 2. The predicted octanol–water partition coefficient (Wildman–Crippen LogP) is 3.78. The van der Waals surface area contributed by atoms with Gasteiger partial charge in [0.2, 0.25) is 0 Å². The summed E-state index contributed by atoms with van der Waals surface area (Å²) in [4.78, 5) is 43.0. The molecule has 0 unspecified atom stereocenters. The van der Waals surface area contributed by atoms with Crippen molar-refractivity contribution in [3.63, 3.8) is 0 Å². The number of rotatable bonds is 7. The summed E-state index contributed by atoms with van der Waals surface area (Å²) in [6.07, 6.45) is 3.08. The Bertz CT molecular complexity index is 1340. The number of carbonyl (C=O) groups is 2. The molecule has 11 heteroatoms. The molecule has 0 atom stereocenters. The summed E-state index contributed by atoms with van der Waals surface area (Å²) in [5, 5.41) is 11.8. The van der Waals surface area contributed by atoms with Crippen molar-refractivity contribution in [2.24, 2.45) is 4.99 Å². The molecule has 0 spiro atoms. The van der Waals surface area contributed by atoms with Crippen molar-refractivity contribution in [2.75, 3.05) is 38.8 Å². The topological polar surface area (TPSA) is 116 Å². The first-order chi connectivity index (χ1) is 16.9. The van der Waals surface area contributed by atoms with Gasteiger partial charge in [-0.05, 0) is 49.6 Å². The average molecular weight is 499 g/mol. The monoisotopic (exact) mass is 498 g/mol. The summed E-state index contributed by atoms with van der Waals surface area (Å²) >= 11 is 1.25. The number of thiazole rings is 1. The van der Waals surface area contributed by atoms with Crippen LogP contribution in [0.25, 0.3) is 10.2 Å². The number of aromatic nitrogens is 1. The predicted molar refractivity (Wildman–Crippen MR) is 132 cm³/mol. The van der Waals surface area contributed by atoms with Crippen LogP contribution in [0, 0.1) is 10.1 Å². The molecule has 1 aromatic heterocycles. The first-order valence-corrected chi connectivity index (χ1v) is 12.1. The number of piperidine rings is 1. The van der Waals surface area contributed by atoms with Gasteiger partial charge in [-0.15, -0.1) is 0 Å². The maximum atomic E-state index is 13.1. The van der Waals surface area contributed by atoms with Crippen LogP contribution in [0.5, 0.6) is 0 Å². The highest BCUT2D eigenvalue weighted by Gasteiger charge is 2.23. The molecule has 1 fully saturated rings. The van der Waals surface area contributed by atoms with Crippen LogP contribution < -0.4 is 9.70 Å². The van der Waals surface area contributed by atoms with Gasteiger partial charge in [0, 0.05) is 38.4 Å². The average Bonchev–Trinajstić information content (AvgIpc) is 3.22. The Balaban J connectivity index is 1.75. The number of amides is 1. The van der Waals surface area contributed by atoms with Gasteiger partial charge in [0.25, 0.3) is 11.6 Å². The van der Waals surface area contributed by atoms with Gasteiger partial charge in [0.05, 0.1) is 34.4 Å². The third-order valence-electron chi connectivity index (χ3n) is 5.94. The fourth-order valence-electron chi connectivity index (χ4n) is 4.16. The smallest absolute Gasteiger partial charge is 0.337 e. The van der Waals surface area contributed by atoms with Crippen molar-refractivity contribution in [3.05, 3.63) is 62.4 Å². The summed E-state index contributed by atoms with van der Waals surface area (Å²) in [6.45, 7) is 2.34. The van der Waals surface area contributed by atoms with E-state index in [0.29, 0.717) is 29.2 Å². The van der Waals surface area contributed by atoms with E-state index in [9.17, 15) is 19.7 Å². The molecule has 35 heavy (non-hydrogen) atoms. The molecular formula is C24H26N4O6S. The number of methoxy groups -OCH3 is 2. The molecule has 3 aromatic rings. The van der Waals surface area contributed by atoms with E-state index in [1.165, 1.54) is 24.5 Å². The van der Waals surface area contributed by atoms with E-state index in [4.69, 9.17) is 9.47 Å². The molecule has 2 heterocycles. The summed E-state index contributed by atoms with van der Waals surface area (Å²) in [6, 6.07) is 9.65. The Hall–Kier alpha value is -3.57. The lowest BCUT2D eigenvalue weighted by Gasteiger charge is -2.28. The fraction of sp³-hybridized carbons (Fsp3) is 0.375. The van der Waals surface area contributed by atoms with E-state index in [-0.39, 0.29) is 11.3 Å². The van der Waals surface area contributed by atoms with E-state index < -0.39 is 16.8 Å². The minimum Gasteiger partial charge on any atom is -0.465 e. The number of nitrogens with zero attached hydrogens (tertiary/aromatic N) is 4. The first-order valence-electron chi connectivity index (χ1n) is 11.3. The SMILES string of the molecule is COCCn1c(=NC(=O)c2ccc(N3CCCCC3)c([N+](=O)[O-])c2)sc2cc(C(=O)OC)ccc21. The molecule has 4 rings (SSSR count). The summed E-state index contributed by atoms with van der Waals surface area (Å²) < 4.78 is 12.6. The molecule has 10 nitrogen and oxygen atoms in total. The van der Waals surface area contributed by atoms with Gasteiger partial charge in [-0.25, -0.2) is 4.79 Å². The van der Waals surface area contributed by atoms with E-state index in [2.05, 4.69) is 4.99 Å². The first kappa shape index (κ1) is 24.6. The normalized spacial score (nSPS) is 14.3. The molecule has 1 amide bonds. The zero-order chi connectivity index (χ0) is 24.9. The quantitative estimate of drug-likeness (QED) is 0.276. The molecule has 184 valence electrons. The molecule has 0 aliphatic carbocycles. The lowest BCUT2D eigenvalue weighted by molar-refractivity contribution is -0.384. The second-order valence-electron chi connectivity index (χ2n) is 8.13. The van der Waals surface area contributed by atoms with E-state index >= 15 is 0 Å². The minimum atomic E-state index is -0.579. The number of hydrogen-bond acceptors (Lipinski definition) is 8. The highest BCUT2D eigenvalue weighted by atomic mass is 32.1. The van der Waals surface area contributed by atoms with Crippen molar-refractivity contribution in [2.45, 2.75) is 25.8 Å². The molecule has 2 aromatic carbocycles. The highest BCUT2D eigenvalue weighted by Crippen LogP contribution is 2.31. The van der Waals surface area contributed by atoms with Gasteiger partial charge in [0.1, 0.15) is 5.69 Å². The van der Waals surface area contributed by atoms with Gasteiger partial charge >= 0.3 is 5.97 Å². The van der Waals surface area contributed by atoms with Crippen LogP contribution in [-0.2, 0) is 16.0 Å². The maximum absolute atomic E-state index is 13.1. The van der Waals surface area contributed by atoms with Crippen LogP contribution in [0.1, 0.15) is 40.0 Å². The summed E-state index contributed by atoms with van der Waals surface area (Å²) in [5.41, 5.74) is 1.75. The number of fused-ring (bicyclic) bond motifs is 1. The molecule has 0 bridgehead atoms. The number of nitro groups is 1. The lowest BCUT2D eigenvalue weighted by atomic mass is 10.1. The van der Waals surface area contributed by atoms with Crippen LogP contribution in [0.15, 0.2) is 41.4 Å². The third kappa shape index (κ3) is 5.25. The summed E-state index contributed by atoms with van der Waals surface area (Å²) in [7, 11) is 2.89. The minimum absolute atomic E-state index is 0.0979. The van der Waals surface area contributed by atoms with Crippen LogP contribution in [-0.4, -0.2) is 55.3 Å². The van der Waals surface area contributed by atoms with Crippen molar-refractivity contribution in [3.8, 4) is 0 Å². The van der Waals surface area contributed by atoms with Crippen molar-refractivity contribution >= 4 is 44.8 Å². The van der Waals surface area contributed by atoms with E-state index in [1.54, 1.807) is 37.4 Å². The maximum Gasteiger partial charge on any atom is 0.337 e. The Morgan fingerprint density at radius 3 is 2.51 bits per heavy atom. The van der Waals surface area contributed by atoms with Crippen LogP contribution in [0.2, 0.25) is 0 Å². The van der Waals surface area contributed by atoms with Crippen molar-refractivity contribution < 1.29 is 24.0 Å². The van der Waals surface area contributed by atoms with Crippen LogP contribution >= 0.6 is 11.3 Å². The zero-order valence-corrected chi connectivity index (χ0v) is 20.4. The standard InChI is InChI=1S/C24H26N4O6S/c1-33-13-12-27-19-9-7-17(23(30)34-2)15-21(19)35-24(27)25-22(29)16-6-8-18(20(14-16)28(31)32)26-10-4-3-5-11-26/h6-9,14-15H,3-5,10-13H2,1-2H3. The molecule has 0 saturated carbocycles. The van der Waals surface area contributed by atoms with Gasteiger partial charge in [-0.1, -0.05) is 11.3 Å². The Labute approximate surface area is 205 Å². The molecule has 1 saturated heterocycles. The number of esters is 1. The van der Waals surface area contributed by atoms with Gasteiger partial charge < -0.3 is 18.9 Å². The second-order valence-corrected chi connectivity index (χ2v) is 9.14. The van der Waals surface area contributed by atoms with Crippen LogP contribution in [0.3, 0.4) is 0 Å². The number of hydrogen-bond donors (Lipinski definition) is 0. The van der Waals surface area contributed by atoms with Gasteiger partial charge in [0.15, 0.2) is 4.80 Å². The number of anilines is 1. The van der Waals surface area contributed by atoms with Crippen molar-refractivity contribution in [1.82, 2.24) is 4.57 Å². The van der Waals surface area contributed by atoms with Crippen molar-refractivity contribution in [1.29, 1.82) is 0 Å². The number of nitro benzene ring substituents is 1. The van der Waals surface area contributed by atoms with Gasteiger partial charge in [-0.3, -0.25) is 14.9 Å². The third-order valence-corrected chi connectivity index (χ3v) is 6.98. The van der Waals surface area contributed by atoms with Gasteiger partial charge in [-0.2, -0.15) is 4.99 Å². The molecule has 0 radical (unpaired) electrons. The molecule has 0 N–H and O–H groups in total. The summed E-state index contributed by atoms with van der Waals surface area (Å²) in [5.74, 6) is -1.04. The van der Waals surface area contributed by atoms with E-state index in [0.717, 1.165) is 42.6 Å². The van der Waals surface area contributed by atoms with Crippen LogP contribution in [0.4, 0.5) is 11.4 Å². The number of carbonyl (C=O) groups excluding carboxylic acids is 2. The van der Waals surface area contributed by atoms with E-state index in [1.807, 2.05) is 9.47 Å². The lowest BCUT2D eigenvalue weighted by Crippen LogP contribution is -2.30. The number of ether oxygens (including phenoxy) is 2. The largest absolute Gasteiger partial charge is 0.465 e.